The van der Waals surface area contributed by atoms with Gasteiger partial charge < -0.3 is 14.2 Å². The Hall–Kier alpha value is -2.57. The van der Waals surface area contributed by atoms with Crippen LogP contribution in [0.15, 0.2) is 42.5 Å². The molecule has 0 radical (unpaired) electrons. The third-order valence-electron chi connectivity index (χ3n) is 3.78. The molecule has 0 unspecified atom stereocenters. The minimum atomic E-state index is -0.677. The van der Waals surface area contributed by atoms with Gasteiger partial charge in [0.2, 0.25) is 0 Å². The van der Waals surface area contributed by atoms with E-state index in [9.17, 15) is 9.59 Å². The van der Waals surface area contributed by atoms with E-state index in [4.69, 9.17) is 25.8 Å². The van der Waals surface area contributed by atoms with Crippen LogP contribution in [0.1, 0.15) is 25.6 Å². The minimum absolute atomic E-state index is 0.0269. The minimum Gasteiger partial charge on any atom is -0.487 e. The maximum atomic E-state index is 12.2. The highest BCUT2D eigenvalue weighted by Crippen LogP contribution is 2.36. The van der Waals surface area contributed by atoms with Gasteiger partial charge in [-0.3, -0.25) is 0 Å². The summed E-state index contributed by atoms with van der Waals surface area (Å²) in [5.74, 6) is -1.09. The monoisotopic (exact) mass is 390 g/mol. The molecule has 0 saturated carbocycles. The highest BCUT2D eigenvalue weighted by molar-refractivity contribution is 7.19. The number of methoxy groups -OCH3 is 2. The number of carbonyl (C=O) groups is 2. The van der Waals surface area contributed by atoms with Crippen molar-refractivity contribution in [2.24, 2.45) is 0 Å². The first kappa shape index (κ1) is 18.2. The van der Waals surface area contributed by atoms with Crippen LogP contribution >= 0.6 is 22.9 Å². The summed E-state index contributed by atoms with van der Waals surface area (Å²) in [5.41, 5.74) is 0.110. The van der Waals surface area contributed by atoms with Gasteiger partial charge >= 0.3 is 11.9 Å². The average molecular weight is 391 g/mol. The number of hydrogen-bond acceptors (Lipinski definition) is 6. The summed E-state index contributed by atoms with van der Waals surface area (Å²) in [5, 5.41) is 1.57. The fraction of sp³-hybridized carbons (Fsp3) is 0.158. The highest BCUT2D eigenvalue weighted by atomic mass is 35.5. The second kappa shape index (κ2) is 7.76. The maximum Gasteiger partial charge on any atom is 0.342 e. The third kappa shape index (κ3) is 3.38. The fourth-order valence-electron chi connectivity index (χ4n) is 2.54. The molecule has 134 valence electrons. The molecule has 0 N–H and O–H groups in total. The summed E-state index contributed by atoms with van der Waals surface area (Å²) in [7, 11) is 2.48. The molecule has 2 aromatic carbocycles. The van der Waals surface area contributed by atoms with Gasteiger partial charge in [0.15, 0.2) is 0 Å². The van der Waals surface area contributed by atoms with E-state index < -0.39 is 11.9 Å². The predicted octanol–water partition coefficient (Wildman–Crippen LogP) is 4.71. The van der Waals surface area contributed by atoms with E-state index in [0.29, 0.717) is 5.02 Å². The molecule has 0 atom stereocenters. The standard InChI is InChI=1S/C19H15ClO5S/c1-23-18(21)12-7-5-8-13(16(12)19(22)24-2)25-10-15-17(20)11-6-3-4-9-14(11)26-15/h3-9H,10H2,1-2H3. The summed E-state index contributed by atoms with van der Waals surface area (Å²) < 4.78 is 16.4. The Morgan fingerprint density at radius 3 is 2.42 bits per heavy atom. The number of rotatable bonds is 5. The van der Waals surface area contributed by atoms with Crippen molar-refractivity contribution in [3.8, 4) is 5.75 Å². The van der Waals surface area contributed by atoms with Crippen LogP contribution in [0.5, 0.6) is 5.75 Å². The topological polar surface area (TPSA) is 61.8 Å². The third-order valence-corrected chi connectivity index (χ3v) is 5.47. The molecule has 0 spiro atoms. The van der Waals surface area contributed by atoms with Crippen LogP contribution in [0.3, 0.4) is 0 Å². The van der Waals surface area contributed by atoms with E-state index in [-0.39, 0.29) is 23.5 Å². The quantitative estimate of drug-likeness (QED) is 0.590. The zero-order valence-electron chi connectivity index (χ0n) is 14.1. The molecule has 5 nitrogen and oxygen atoms in total. The zero-order valence-corrected chi connectivity index (χ0v) is 15.6. The molecule has 3 rings (SSSR count). The largest absolute Gasteiger partial charge is 0.487 e. The lowest BCUT2D eigenvalue weighted by Gasteiger charge is -2.12. The number of thiophene rings is 1. The number of halogens is 1. The summed E-state index contributed by atoms with van der Waals surface area (Å²) in [4.78, 5) is 24.9. The smallest absolute Gasteiger partial charge is 0.342 e. The van der Waals surface area contributed by atoms with Gasteiger partial charge in [0, 0.05) is 10.1 Å². The highest BCUT2D eigenvalue weighted by Gasteiger charge is 2.23. The van der Waals surface area contributed by atoms with E-state index >= 15 is 0 Å². The lowest BCUT2D eigenvalue weighted by molar-refractivity contribution is 0.0551. The molecule has 0 bridgehead atoms. The van der Waals surface area contributed by atoms with Gasteiger partial charge in [0.05, 0.1) is 29.7 Å². The molecule has 0 aliphatic heterocycles. The first-order chi connectivity index (χ1) is 12.6. The van der Waals surface area contributed by atoms with Gasteiger partial charge in [-0.2, -0.15) is 0 Å². The van der Waals surface area contributed by atoms with Crippen molar-refractivity contribution in [2.45, 2.75) is 6.61 Å². The number of carbonyl (C=O) groups excluding carboxylic acids is 2. The molecule has 0 aliphatic rings. The Kier molecular flexibility index (Phi) is 5.44. The Balaban J connectivity index is 1.95. The molecular formula is C19H15ClO5S. The molecular weight excluding hydrogens is 376 g/mol. The normalized spacial score (nSPS) is 10.6. The molecule has 0 aliphatic carbocycles. The van der Waals surface area contributed by atoms with Crippen LogP contribution in [0.4, 0.5) is 0 Å². The molecule has 3 aromatic rings. The van der Waals surface area contributed by atoms with E-state index in [1.165, 1.54) is 31.6 Å². The van der Waals surface area contributed by atoms with Gasteiger partial charge in [-0.05, 0) is 18.2 Å². The molecule has 0 amide bonds. The van der Waals surface area contributed by atoms with E-state index in [0.717, 1.165) is 15.0 Å². The number of ether oxygens (including phenoxy) is 3. The van der Waals surface area contributed by atoms with Crippen LogP contribution in [0.25, 0.3) is 10.1 Å². The molecule has 1 heterocycles. The first-order valence-electron chi connectivity index (χ1n) is 7.65. The van der Waals surface area contributed by atoms with Gasteiger partial charge in [-0.1, -0.05) is 35.9 Å². The Morgan fingerprint density at radius 2 is 1.73 bits per heavy atom. The molecule has 1 aromatic heterocycles. The maximum absolute atomic E-state index is 12.2. The van der Waals surface area contributed by atoms with Gasteiger partial charge in [-0.25, -0.2) is 9.59 Å². The summed E-state index contributed by atoms with van der Waals surface area (Å²) in [6.07, 6.45) is 0. The lowest BCUT2D eigenvalue weighted by Crippen LogP contribution is -2.13. The number of fused-ring (bicyclic) bond motifs is 1. The van der Waals surface area contributed by atoms with Crippen LogP contribution in [0.2, 0.25) is 5.02 Å². The summed E-state index contributed by atoms with van der Waals surface area (Å²) >= 11 is 7.94. The second-order valence-electron chi connectivity index (χ2n) is 5.29. The molecule has 26 heavy (non-hydrogen) atoms. The van der Waals surface area contributed by atoms with E-state index in [2.05, 4.69) is 0 Å². The first-order valence-corrected chi connectivity index (χ1v) is 8.84. The zero-order chi connectivity index (χ0) is 18.7. The summed E-state index contributed by atoms with van der Waals surface area (Å²) in [6, 6.07) is 12.5. The SMILES string of the molecule is COC(=O)c1cccc(OCc2sc3ccccc3c2Cl)c1C(=O)OC. The van der Waals surface area contributed by atoms with Gasteiger partial charge in [0.25, 0.3) is 0 Å². The van der Waals surface area contributed by atoms with Crippen molar-refractivity contribution in [2.75, 3.05) is 14.2 Å². The van der Waals surface area contributed by atoms with Crippen molar-refractivity contribution < 1.29 is 23.8 Å². The van der Waals surface area contributed by atoms with Crippen molar-refractivity contribution in [1.29, 1.82) is 0 Å². The van der Waals surface area contributed by atoms with Crippen LogP contribution in [-0.4, -0.2) is 26.2 Å². The Bertz CT molecular complexity index is 979. The lowest BCUT2D eigenvalue weighted by atomic mass is 10.1. The average Bonchev–Trinajstić information content (AvgIpc) is 3.00. The molecule has 0 fully saturated rings. The number of benzene rings is 2. The van der Waals surface area contributed by atoms with Gasteiger partial charge in [0.1, 0.15) is 17.9 Å². The van der Waals surface area contributed by atoms with Crippen molar-refractivity contribution in [3.63, 3.8) is 0 Å². The van der Waals surface area contributed by atoms with Crippen molar-refractivity contribution in [1.82, 2.24) is 0 Å². The summed E-state index contributed by atoms with van der Waals surface area (Å²) in [6.45, 7) is 0.160. The number of hydrogen-bond donors (Lipinski definition) is 0. The van der Waals surface area contributed by atoms with Crippen LogP contribution in [-0.2, 0) is 16.1 Å². The number of esters is 2. The van der Waals surface area contributed by atoms with Crippen molar-refractivity contribution >= 4 is 45.0 Å². The molecule has 7 heteroatoms. The Morgan fingerprint density at radius 1 is 1.00 bits per heavy atom. The van der Waals surface area contributed by atoms with Crippen molar-refractivity contribution in [3.05, 3.63) is 63.5 Å². The predicted molar refractivity (Wildman–Crippen MR) is 100 cm³/mol. The van der Waals surface area contributed by atoms with Gasteiger partial charge in [-0.15, -0.1) is 11.3 Å². The fourth-order valence-corrected chi connectivity index (χ4v) is 3.95. The van der Waals surface area contributed by atoms with Crippen LogP contribution < -0.4 is 4.74 Å². The van der Waals surface area contributed by atoms with E-state index in [1.54, 1.807) is 12.1 Å². The Labute approximate surface area is 159 Å². The van der Waals surface area contributed by atoms with Crippen LogP contribution in [0, 0.1) is 0 Å². The van der Waals surface area contributed by atoms with E-state index in [1.807, 2.05) is 24.3 Å². The molecule has 0 saturated heterocycles. The second-order valence-corrected chi connectivity index (χ2v) is 6.80.